The van der Waals surface area contributed by atoms with Gasteiger partial charge in [0.25, 0.3) is 0 Å². The maximum Gasteiger partial charge on any atom is 0.0705 e. The fourth-order valence-corrected chi connectivity index (χ4v) is 2.25. The van der Waals surface area contributed by atoms with E-state index in [0.717, 1.165) is 10.1 Å². The van der Waals surface area contributed by atoms with Crippen molar-refractivity contribution in [3.8, 4) is 11.3 Å². The van der Waals surface area contributed by atoms with Crippen LogP contribution in [0.1, 0.15) is 11.3 Å². The van der Waals surface area contributed by atoms with Gasteiger partial charge in [-0.05, 0) is 18.6 Å². The van der Waals surface area contributed by atoms with Crippen LogP contribution in [0.25, 0.3) is 11.3 Å². The minimum Gasteiger partial charge on any atom is -0.252 e. The van der Waals surface area contributed by atoms with Crippen LogP contribution in [0.3, 0.4) is 0 Å². The molecule has 2 aromatic rings. The average Bonchev–Trinajstić information content (AvgIpc) is 2.31. The zero-order valence-corrected chi connectivity index (χ0v) is 10.7. The smallest absolute Gasteiger partial charge is 0.0705 e. The second-order valence-corrected chi connectivity index (χ2v) is 4.22. The highest BCUT2D eigenvalue weighted by atomic mass is 127. The van der Waals surface area contributed by atoms with Gasteiger partial charge in [0.1, 0.15) is 0 Å². The Morgan fingerprint density at radius 3 is 2.47 bits per heavy atom. The molecule has 0 bridgehead atoms. The van der Waals surface area contributed by atoms with Gasteiger partial charge in [0.2, 0.25) is 0 Å². The number of pyridine rings is 1. The Balaban J connectivity index is 2.46. The Morgan fingerprint density at radius 1 is 1.07 bits per heavy atom. The van der Waals surface area contributed by atoms with Crippen molar-refractivity contribution in [1.29, 1.82) is 0 Å². The van der Waals surface area contributed by atoms with Crippen LogP contribution in [0.2, 0.25) is 0 Å². The molecule has 1 aromatic heterocycles. The highest BCUT2D eigenvalue weighted by Gasteiger charge is 2.02. The quantitative estimate of drug-likeness (QED) is 0.604. The lowest BCUT2D eigenvalue weighted by Crippen LogP contribution is -1.92. The lowest BCUT2D eigenvalue weighted by Gasteiger charge is -2.05. The van der Waals surface area contributed by atoms with E-state index in [-0.39, 0.29) is 0 Å². The minimum atomic E-state index is 0.963. The molecular formula is C13H12IN. The highest BCUT2D eigenvalue weighted by molar-refractivity contribution is 14.1. The third-order valence-electron chi connectivity index (χ3n) is 2.40. The van der Waals surface area contributed by atoms with Crippen molar-refractivity contribution in [2.24, 2.45) is 0 Å². The molecule has 0 N–H and O–H groups in total. The molecule has 0 saturated heterocycles. The van der Waals surface area contributed by atoms with Crippen molar-refractivity contribution >= 4 is 22.6 Å². The molecule has 2 rings (SSSR count). The van der Waals surface area contributed by atoms with Crippen LogP contribution in [0.5, 0.6) is 0 Å². The van der Waals surface area contributed by atoms with Gasteiger partial charge in [0.15, 0.2) is 0 Å². The highest BCUT2D eigenvalue weighted by Crippen LogP contribution is 2.19. The molecule has 0 fully saturated rings. The van der Waals surface area contributed by atoms with E-state index in [2.05, 4.69) is 58.8 Å². The van der Waals surface area contributed by atoms with Crippen LogP contribution in [-0.4, -0.2) is 4.98 Å². The largest absolute Gasteiger partial charge is 0.252 e. The molecule has 76 valence electrons. The summed E-state index contributed by atoms with van der Waals surface area (Å²) in [6.45, 7) is 2.11. The number of nitrogens with zero attached hydrogens (tertiary/aromatic N) is 1. The molecule has 0 aliphatic heterocycles. The van der Waals surface area contributed by atoms with Crippen molar-refractivity contribution in [1.82, 2.24) is 4.98 Å². The van der Waals surface area contributed by atoms with Crippen molar-refractivity contribution < 1.29 is 0 Å². The first kappa shape index (κ1) is 10.6. The van der Waals surface area contributed by atoms with Crippen molar-refractivity contribution in [2.75, 3.05) is 0 Å². The van der Waals surface area contributed by atoms with E-state index >= 15 is 0 Å². The van der Waals surface area contributed by atoms with Crippen molar-refractivity contribution in [2.45, 2.75) is 11.4 Å². The minimum absolute atomic E-state index is 0.963. The summed E-state index contributed by atoms with van der Waals surface area (Å²) in [6.07, 6.45) is 0. The summed E-state index contributed by atoms with van der Waals surface area (Å²) in [7, 11) is 0. The molecule has 0 radical (unpaired) electrons. The summed E-state index contributed by atoms with van der Waals surface area (Å²) in [5.74, 6) is 0. The molecule has 2 heteroatoms. The average molecular weight is 309 g/mol. The van der Waals surface area contributed by atoms with Gasteiger partial charge < -0.3 is 0 Å². The molecule has 1 heterocycles. The predicted octanol–water partition coefficient (Wildman–Crippen LogP) is 3.99. The summed E-state index contributed by atoms with van der Waals surface area (Å²) < 4.78 is 0.963. The van der Waals surface area contributed by atoms with Gasteiger partial charge in [0.05, 0.1) is 11.4 Å². The fraction of sp³-hybridized carbons (Fsp3) is 0.154. The zero-order valence-electron chi connectivity index (χ0n) is 8.57. The molecule has 1 aromatic carbocycles. The third kappa shape index (κ3) is 2.37. The first-order chi connectivity index (χ1) is 7.31. The number of hydrogen-bond donors (Lipinski definition) is 0. The van der Waals surface area contributed by atoms with Gasteiger partial charge in [-0.1, -0.05) is 59.0 Å². The van der Waals surface area contributed by atoms with E-state index in [4.69, 9.17) is 0 Å². The van der Waals surface area contributed by atoms with Crippen LogP contribution < -0.4 is 0 Å². The molecule has 0 unspecified atom stereocenters. The summed E-state index contributed by atoms with van der Waals surface area (Å²) in [5, 5.41) is 0. The summed E-state index contributed by atoms with van der Waals surface area (Å²) in [4.78, 5) is 4.65. The van der Waals surface area contributed by atoms with E-state index < -0.39 is 0 Å². The van der Waals surface area contributed by atoms with Gasteiger partial charge in [-0.2, -0.15) is 0 Å². The molecule has 1 nitrogen and oxygen atoms in total. The zero-order chi connectivity index (χ0) is 10.7. The fourth-order valence-electron chi connectivity index (χ4n) is 1.48. The molecule has 0 atom stereocenters. The Kier molecular flexibility index (Phi) is 3.36. The Morgan fingerprint density at radius 2 is 1.80 bits per heavy atom. The molecule has 15 heavy (non-hydrogen) atoms. The Bertz CT molecular complexity index is 451. The SMILES string of the molecule is Cc1ccc(-c2ccccc2)nc1CI. The van der Waals surface area contributed by atoms with Gasteiger partial charge >= 0.3 is 0 Å². The van der Waals surface area contributed by atoms with Gasteiger partial charge in [-0.3, -0.25) is 4.98 Å². The Hall–Kier alpha value is -0.900. The summed E-state index contributed by atoms with van der Waals surface area (Å²) in [5.41, 5.74) is 4.69. The number of halogens is 1. The normalized spacial score (nSPS) is 10.3. The molecule has 0 spiro atoms. The Labute approximate surface area is 104 Å². The summed E-state index contributed by atoms with van der Waals surface area (Å²) in [6, 6.07) is 14.5. The van der Waals surface area contributed by atoms with Crippen molar-refractivity contribution in [3.63, 3.8) is 0 Å². The van der Waals surface area contributed by atoms with E-state index in [0.29, 0.717) is 0 Å². The van der Waals surface area contributed by atoms with Crippen LogP contribution in [0.15, 0.2) is 42.5 Å². The monoisotopic (exact) mass is 309 g/mol. The van der Waals surface area contributed by atoms with E-state index in [1.54, 1.807) is 0 Å². The maximum atomic E-state index is 4.65. The van der Waals surface area contributed by atoms with Gasteiger partial charge in [-0.15, -0.1) is 0 Å². The second kappa shape index (κ2) is 4.75. The molecule has 0 amide bonds. The predicted molar refractivity (Wildman–Crippen MR) is 72.1 cm³/mol. The van der Waals surface area contributed by atoms with E-state index in [1.165, 1.54) is 16.8 Å². The third-order valence-corrected chi connectivity index (χ3v) is 3.12. The number of rotatable bonds is 2. The first-order valence-electron chi connectivity index (χ1n) is 4.89. The number of benzene rings is 1. The van der Waals surface area contributed by atoms with Crippen LogP contribution in [0.4, 0.5) is 0 Å². The topological polar surface area (TPSA) is 12.9 Å². The second-order valence-electron chi connectivity index (χ2n) is 3.46. The summed E-state index contributed by atoms with van der Waals surface area (Å²) >= 11 is 2.35. The van der Waals surface area contributed by atoms with Crippen LogP contribution >= 0.6 is 22.6 Å². The van der Waals surface area contributed by atoms with Crippen molar-refractivity contribution in [3.05, 3.63) is 53.7 Å². The maximum absolute atomic E-state index is 4.65. The van der Waals surface area contributed by atoms with Gasteiger partial charge in [0, 0.05) is 9.99 Å². The lowest BCUT2D eigenvalue weighted by molar-refractivity contribution is 1.15. The van der Waals surface area contributed by atoms with Crippen LogP contribution in [-0.2, 0) is 4.43 Å². The van der Waals surface area contributed by atoms with E-state index in [9.17, 15) is 0 Å². The molecule has 0 aliphatic rings. The number of hydrogen-bond acceptors (Lipinski definition) is 1. The van der Waals surface area contributed by atoms with E-state index in [1.807, 2.05) is 18.2 Å². The van der Waals surface area contributed by atoms with Gasteiger partial charge in [-0.25, -0.2) is 0 Å². The first-order valence-corrected chi connectivity index (χ1v) is 6.41. The van der Waals surface area contributed by atoms with Crippen LogP contribution in [0, 0.1) is 6.92 Å². The molecular weight excluding hydrogens is 297 g/mol. The number of aryl methyl sites for hydroxylation is 1. The lowest BCUT2D eigenvalue weighted by atomic mass is 10.1. The standard InChI is InChI=1S/C13H12IN/c1-10-7-8-12(15-13(10)9-14)11-5-3-2-4-6-11/h2-8H,9H2,1H3. The number of alkyl halides is 1. The number of aromatic nitrogens is 1. The molecule has 0 aliphatic carbocycles. The molecule has 0 saturated carbocycles.